The fourth-order valence-electron chi connectivity index (χ4n) is 3.28. The highest BCUT2D eigenvalue weighted by atomic mass is 15.1. The summed E-state index contributed by atoms with van der Waals surface area (Å²) < 4.78 is 0. The van der Waals surface area contributed by atoms with Gasteiger partial charge in [0.05, 0.1) is 5.69 Å². The van der Waals surface area contributed by atoms with Crippen molar-refractivity contribution < 1.29 is 0 Å². The Bertz CT molecular complexity index is 440. The van der Waals surface area contributed by atoms with Crippen molar-refractivity contribution in [2.75, 3.05) is 19.6 Å². The van der Waals surface area contributed by atoms with Crippen LogP contribution in [0.4, 0.5) is 0 Å². The van der Waals surface area contributed by atoms with Crippen LogP contribution in [0.25, 0.3) is 0 Å². The van der Waals surface area contributed by atoms with E-state index in [-0.39, 0.29) is 0 Å². The van der Waals surface area contributed by atoms with Gasteiger partial charge in [-0.15, -0.1) is 0 Å². The van der Waals surface area contributed by atoms with E-state index in [2.05, 4.69) is 47.2 Å². The third kappa shape index (κ3) is 4.52. The van der Waals surface area contributed by atoms with Gasteiger partial charge in [0.1, 0.15) is 0 Å². The van der Waals surface area contributed by atoms with Crippen molar-refractivity contribution in [2.24, 2.45) is 11.8 Å². The Morgan fingerprint density at radius 1 is 1.24 bits per heavy atom. The molecule has 0 unspecified atom stereocenters. The van der Waals surface area contributed by atoms with Crippen LogP contribution in [0.1, 0.15) is 44.0 Å². The molecular formula is C18H29N3. The Morgan fingerprint density at radius 3 is 2.52 bits per heavy atom. The second-order valence-corrected chi connectivity index (χ2v) is 6.79. The molecular weight excluding hydrogens is 258 g/mol. The van der Waals surface area contributed by atoms with Gasteiger partial charge in [0.2, 0.25) is 0 Å². The van der Waals surface area contributed by atoms with Crippen LogP contribution < -0.4 is 5.32 Å². The monoisotopic (exact) mass is 287 g/mol. The van der Waals surface area contributed by atoms with E-state index in [1.807, 2.05) is 0 Å². The molecule has 2 aliphatic carbocycles. The summed E-state index contributed by atoms with van der Waals surface area (Å²) in [6.07, 6.45) is 5.83. The lowest BCUT2D eigenvalue weighted by molar-refractivity contribution is 0.265. The van der Waals surface area contributed by atoms with E-state index in [1.165, 1.54) is 31.4 Å². The van der Waals surface area contributed by atoms with Crippen molar-refractivity contribution >= 4 is 0 Å². The minimum atomic E-state index is 0.820. The Labute approximate surface area is 129 Å². The van der Waals surface area contributed by atoms with Gasteiger partial charge >= 0.3 is 0 Å². The van der Waals surface area contributed by atoms with Gasteiger partial charge in [-0.05, 0) is 63.1 Å². The number of hydrogen-bond acceptors (Lipinski definition) is 3. The van der Waals surface area contributed by atoms with Crippen LogP contribution in [-0.2, 0) is 6.54 Å². The molecule has 0 saturated heterocycles. The van der Waals surface area contributed by atoms with Gasteiger partial charge in [-0.2, -0.15) is 0 Å². The maximum atomic E-state index is 4.62. The van der Waals surface area contributed by atoms with Crippen LogP contribution in [0, 0.1) is 18.8 Å². The fourth-order valence-corrected chi connectivity index (χ4v) is 3.28. The number of hydrogen-bond donors (Lipinski definition) is 1. The smallest absolute Gasteiger partial charge is 0.0547 e. The number of aryl methyl sites for hydroxylation is 1. The second-order valence-electron chi connectivity index (χ2n) is 6.79. The van der Waals surface area contributed by atoms with E-state index in [4.69, 9.17) is 0 Å². The maximum Gasteiger partial charge on any atom is 0.0547 e. The minimum Gasteiger partial charge on any atom is -0.312 e. The van der Waals surface area contributed by atoms with Crippen LogP contribution in [0.5, 0.6) is 0 Å². The molecule has 0 aliphatic heterocycles. The molecule has 2 aliphatic rings. The normalized spacial score (nSPS) is 18.7. The average molecular weight is 287 g/mol. The first-order chi connectivity index (χ1) is 10.3. The van der Waals surface area contributed by atoms with Crippen LogP contribution in [0.3, 0.4) is 0 Å². The lowest BCUT2D eigenvalue weighted by atomic mass is 10.1. The first-order valence-electron chi connectivity index (χ1n) is 8.64. The van der Waals surface area contributed by atoms with Gasteiger partial charge in [0.25, 0.3) is 0 Å². The highest BCUT2D eigenvalue weighted by Gasteiger charge is 2.40. The zero-order chi connectivity index (χ0) is 14.7. The lowest BCUT2D eigenvalue weighted by Gasteiger charge is -2.23. The molecule has 21 heavy (non-hydrogen) atoms. The Kier molecular flexibility index (Phi) is 4.91. The molecule has 1 heterocycles. The first-order valence-corrected chi connectivity index (χ1v) is 8.64. The van der Waals surface area contributed by atoms with Crippen LogP contribution in [-0.4, -0.2) is 35.6 Å². The average Bonchev–Trinajstić information content (AvgIpc) is 3.36. The summed E-state index contributed by atoms with van der Waals surface area (Å²) in [6.45, 7) is 8.62. The minimum absolute atomic E-state index is 0.820. The Balaban J connectivity index is 1.43. The van der Waals surface area contributed by atoms with E-state index in [1.54, 1.807) is 0 Å². The standard InChI is InChI=1S/C18H29N3/c1-3-21(13-17-6-4-5-14(2)20-17)12-11-19-18(15-7-8-15)16-9-10-16/h4-6,15-16,18-19H,3,7-13H2,1-2H3. The Hall–Kier alpha value is -0.930. The van der Waals surface area contributed by atoms with Gasteiger partial charge in [-0.3, -0.25) is 9.88 Å². The van der Waals surface area contributed by atoms with Gasteiger partial charge in [0, 0.05) is 31.4 Å². The van der Waals surface area contributed by atoms with E-state index < -0.39 is 0 Å². The molecule has 1 aromatic heterocycles. The summed E-state index contributed by atoms with van der Waals surface area (Å²) in [4.78, 5) is 7.11. The van der Waals surface area contributed by atoms with E-state index in [0.717, 1.165) is 49.8 Å². The van der Waals surface area contributed by atoms with Crippen LogP contribution in [0.2, 0.25) is 0 Å². The summed E-state index contributed by atoms with van der Waals surface area (Å²) >= 11 is 0. The molecule has 2 fully saturated rings. The molecule has 1 N–H and O–H groups in total. The molecule has 1 aromatic rings. The first kappa shape index (κ1) is 15.0. The number of nitrogens with one attached hydrogen (secondary N) is 1. The van der Waals surface area contributed by atoms with Crippen molar-refractivity contribution in [3.8, 4) is 0 Å². The third-order valence-electron chi connectivity index (χ3n) is 4.85. The molecule has 3 rings (SSSR count). The number of likely N-dealkylation sites (N-methyl/N-ethyl adjacent to an activating group) is 1. The zero-order valence-electron chi connectivity index (χ0n) is 13.5. The number of pyridine rings is 1. The predicted molar refractivity (Wildman–Crippen MR) is 87.2 cm³/mol. The van der Waals surface area contributed by atoms with Crippen molar-refractivity contribution in [3.05, 3.63) is 29.6 Å². The highest BCUT2D eigenvalue weighted by molar-refractivity contribution is 5.09. The van der Waals surface area contributed by atoms with Crippen LogP contribution >= 0.6 is 0 Å². The van der Waals surface area contributed by atoms with Gasteiger partial charge in [0.15, 0.2) is 0 Å². The number of nitrogens with zero attached hydrogens (tertiary/aromatic N) is 2. The van der Waals surface area contributed by atoms with E-state index in [0.29, 0.717) is 0 Å². The predicted octanol–water partition coefficient (Wildman–Crippen LogP) is 2.99. The Morgan fingerprint density at radius 2 is 1.95 bits per heavy atom. The molecule has 0 radical (unpaired) electrons. The molecule has 0 bridgehead atoms. The largest absolute Gasteiger partial charge is 0.312 e. The molecule has 3 nitrogen and oxygen atoms in total. The molecule has 0 atom stereocenters. The van der Waals surface area contributed by atoms with Gasteiger partial charge < -0.3 is 5.32 Å². The fraction of sp³-hybridized carbons (Fsp3) is 0.722. The summed E-state index contributed by atoms with van der Waals surface area (Å²) in [5, 5.41) is 3.84. The lowest BCUT2D eigenvalue weighted by Crippen LogP contribution is -2.39. The molecule has 3 heteroatoms. The summed E-state index contributed by atoms with van der Waals surface area (Å²) in [7, 11) is 0. The quantitative estimate of drug-likeness (QED) is 0.757. The zero-order valence-corrected chi connectivity index (χ0v) is 13.5. The summed E-state index contributed by atoms with van der Waals surface area (Å²) in [5.41, 5.74) is 2.31. The topological polar surface area (TPSA) is 28.2 Å². The highest BCUT2D eigenvalue weighted by Crippen LogP contribution is 2.44. The van der Waals surface area contributed by atoms with Crippen molar-refractivity contribution in [1.82, 2.24) is 15.2 Å². The molecule has 0 aromatic carbocycles. The molecule has 0 spiro atoms. The maximum absolute atomic E-state index is 4.62. The van der Waals surface area contributed by atoms with Gasteiger partial charge in [-0.25, -0.2) is 0 Å². The molecule has 116 valence electrons. The second kappa shape index (κ2) is 6.89. The molecule has 0 amide bonds. The summed E-state index contributed by atoms with van der Waals surface area (Å²) in [6, 6.07) is 7.14. The number of aromatic nitrogens is 1. The van der Waals surface area contributed by atoms with E-state index in [9.17, 15) is 0 Å². The van der Waals surface area contributed by atoms with Crippen molar-refractivity contribution in [2.45, 2.75) is 52.1 Å². The summed E-state index contributed by atoms with van der Waals surface area (Å²) in [5.74, 6) is 1.98. The van der Waals surface area contributed by atoms with Crippen molar-refractivity contribution in [3.63, 3.8) is 0 Å². The van der Waals surface area contributed by atoms with Gasteiger partial charge in [-0.1, -0.05) is 13.0 Å². The van der Waals surface area contributed by atoms with E-state index >= 15 is 0 Å². The molecule has 2 saturated carbocycles. The SMILES string of the molecule is CCN(CCNC(C1CC1)C1CC1)Cc1cccc(C)n1. The third-order valence-corrected chi connectivity index (χ3v) is 4.85. The van der Waals surface area contributed by atoms with Crippen LogP contribution in [0.15, 0.2) is 18.2 Å². The van der Waals surface area contributed by atoms with Crippen molar-refractivity contribution in [1.29, 1.82) is 0 Å². The number of rotatable bonds is 9.